The number of carbonyl (C=O) groups is 1. The third-order valence-corrected chi connectivity index (χ3v) is 3.29. The van der Waals surface area contributed by atoms with Crippen LogP contribution in [0.4, 0.5) is 5.69 Å². The molecule has 0 unspecified atom stereocenters. The van der Waals surface area contributed by atoms with E-state index in [-0.39, 0.29) is 16.9 Å². The smallest absolute Gasteiger partial charge is 0.357 e. The number of nitrogen functional groups attached to an aromatic ring is 1. The molecule has 0 saturated carbocycles. The molecular formula is C14H12N6O2. The Balaban J connectivity index is 2.36. The summed E-state index contributed by atoms with van der Waals surface area (Å²) in [5.41, 5.74) is 8.12. The number of carbonyl (C=O) groups excluding carboxylic acids is 1. The molecule has 22 heavy (non-hydrogen) atoms. The van der Waals surface area contributed by atoms with Crippen LogP contribution in [-0.2, 0) is 11.8 Å². The molecule has 0 aliphatic heterocycles. The fourth-order valence-electron chi connectivity index (χ4n) is 2.32. The van der Waals surface area contributed by atoms with Crippen molar-refractivity contribution in [2.24, 2.45) is 7.05 Å². The first kappa shape index (κ1) is 13.6. The first-order valence-corrected chi connectivity index (χ1v) is 6.36. The number of rotatable bonds is 2. The third kappa shape index (κ3) is 1.88. The fraction of sp³-hybridized carbons (Fsp3) is 0.143. The molecule has 8 heteroatoms. The molecule has 0 amide bonds. The van der Waals surface area contributed by atoms with E-state index in [1.165, 1.54) is 22.7 Å². The van der Waals surface area contributed by atoms with Crippen LogP contribution in [0.5, 0.6) is 0 Å². The van der Waals surface area contributed by atoms with E-state index in [0.717, 1.165) is 0 Å². The van der Waals surface area contributed by atoms with E-state index in [9.17, 15) is 4.79 Å². The number of aromatic nitrogens is 4. The van der Waals surface area contributed by atoms with Crippen molar-refractivity contribution in [1.29, 1.82) is 5.26 Å². The SMILES string of the molecule is COC(=O)c1c(N)c(C#N)cn1-c1cccc2nn(C)nc12. The van der Waals surface area contributed by atoms with Crippen LogP contribution in [0.25, 0.3) is 16.7 Å². The van der Waals surface area contributed by atoms with Crippen LogP contribution in [0.1, 0.15) is 16.1 Å². The highest BCUT2D eigenvalue weighted by atomic mass is 16.5. The Labute approximate surface area is 125 Å². The van der Waals surface area contributed by atoms with Gasteiger partial charge in [0, 0.05) is 13.2 Å². The largest absolute Gasteiger partial charge is 0.464 e. The Hall–Kier alpha value is -3.34. The van der Waals surface area contributed by atoms with Crippen LogP contribution >= 0.6 is 0 Å². The number of ether oxygens (including phenoxy) is 1. The number of hydrogen-bond donors (Lipinski definition) is 1. The van der Waals surface area contributed by atoms with Gasteiger partial charge in [0.15, 0.2) is 5.69 Å². The maximum atomic E-state index is 12.0. The van der Waals surface area contributed by atoms with Gasteiger partial charge in [0.05, 0.1) is 24.0 Å². The number of esters is 1. The molecule has 2 N–H and O–H groups in total. The highest BCUT2D eigenvalue weighted by molar-refractivity contribution is 5.97. The summed E-state index contributed by atoms with van der Waals surface area (Å²) in [4.78, 5) is 13.5. The van der Waals surface area contributed by atoms with E-state index in [1.807, 2.05) is 12.1 Å². The summed E-state index contributed by atoms with van der Waals surface area (Å²) < 4.78 is 6.27. The van der Waals surface area contributed by atoms with Gasteiger partial charge in [-0.15, -0.1) is 0 Å². The molecule has 2 heterocycles. The van der Waals surface area contributed by atoms with Crippen LogP contribution in [-0.4, -0.2) is 32.6 Å². The molecule has 0 radical (unpaired) electrons. The van der Waals surface area contributed by atoms with E-state index >= 15 is 0 Å². The summed E-state index contributed by atoms with van der Waals surface area (Å²) in [6.07, 6.45) is 1.49. The van der Waals surface area contributed by atoms with Gasteiger partial charge in [-0.1, -0.05) is 6.07 Å². The second-order valence-corrected chi connectivity index (χ2v) is 4.61. The lowest BCUT2D eigenvalue weighted by atomic mass is 10.2. The van der Waals surface area contributed by atoms with Crippen LogP contribution in [0.3, 0.4) is 0 Å². The van der Waals surface area contributed by atoms with Crippen molar-refractivity contribution >= 4 is 22.7 Å². The van der Waals surface area contributed by atoms with E-state index < -0.39 is 5.97 Å². The second kappa shape index (κ2) is 4.89. The van der Waals surface area contributed by atoms with Gasteiger partial charge in [-0.25, -0.2) is 4.79 Å². The number of nitrogens with two attached hydrogens (primary N) is 1. The van der Waals surface area contributed by atoms with Gasteiger partial charge >= 0.3 is 5.97 Å². The second-order valence-electron chi connectivity index (χ2n) is 4.61. The molecule has 0 saturated heterocycles. The van der Waals surface area contributed by atoms with Gasteiger partial charge in [-0.05, 0) is 12.1 Å². The molecule has 2 aromatic heterocycles. The number of aryl methyl sites for hydroxylation is 1. The average molecular weight is 296 g/mol. The maximum Gasteiger partial charge on any atom is 0.357 e. The minimum absolute atomic E-state index is 0.0789. The lowest BCUT2D eigenvalue weighted by molar-refractivity contribution is 0.0593. The summed E-state index contributed by atoms with van der Waals surface area (Å²) in [6, 6.07) is 7.33. The zero-order valence-electron chi connectivity index (χ0n) is 11.9. The monoisotopic (exact) mass is 296 g/mol. The predicted molar refractivity (Wildman–Crippen MR) is 78.3 cm³/mol. The number of nitrogens with zero attached hydrogens (tertiary/aromatic N) is 5. The molecule has 3 rings (SSSR count). The predicted octanol–water partition coefficient (Wildman–Crippen LogP) is 0.999. The van der Waals surface area contributed by atoms with Gasteiger partial charge in [0.25, 0.3) is 0 Å². The van der Waals surface area contributed by atoms with Crippen molar-refractivity contribution in [3.05, 3.63) is 35.7 Å². The zero-order chi connectivity index (χ0) is 15.9. The quantitative estimate of drug-likeness (QED) is 0.706. The van der Waals surface area contributed by atoms with Crippen molar-refractivity contribution in [3.8, 4) is 11.8 Å². The summed E-state index contributed by atoms with van der Waals surface area (Å²) in [5, 5.41) is 17.7. The first-order valence-electron chi connectivity index (χ1n) is 6.36. The molecule has 0 atom stereocenters. The highest BCUT2D eigenvalue weighted by Crippen LogP contribution is 2.27. The van der Waals surface area contributed by atoms with Crippen molar-refractivity contribution in [1.82, 2.24) is 19.6 Å². The van der Waals surface area contributed by atoms with Gasteiger partial charge in [0.1, 0.15) is 17.1 Å². The lowest BCUT2D eigenvalue weighted by Gasteiger charge is -2.08. The van der Waals surface area contributed by atoms with Crippen LogP contribution in [0.2, 0.25) is 0 Å². The molecule has 0 aliphatic rings. The average Bonchev–Trinajstić information content (AvgIpc) is 3.05. The van der Waals surface area contributed by atoms with E-state index in [1.54, 1.807) is 19.2 Å². The molecule has 0 spiro atoms. The third-order valence-electron chi connectivity index (χ3n) is 3.29. The number of hydrogen-bond acceptors (Lipinski definition) is 6. The standard InChI is InChI=1S/C14H12N6O2/c1-19-17-9-4-3-5-10(12(9)18-19)20-7-8(6-15)11(16)13(20)14(21)22-2/h3-5,7H,16H2,1-2H3. The van der Waals surface area contributed by atoms with Gasteiger partial charge in [-0.3, -0.25) is 0 Å². The van der Waals surface area contributed by atoms with E-state index in [4.69, 9.17) is 15.7 Å². The van der Waals surface area contributed by atoms with Crippen molar-refractivity contribution < 1.29 is 9.53 Å². The number of anilines is 1. The normalized spacial score (nSPS) is 10.6. The molecule has 110 valence electrons. The summed E-state index contributed by atoms with van der Waals surface area (Å²) in [5.74, 6) is -0.625. The fourth-order valence-corrected chi connectivity index (χ4v) is 2.32. The lowest BCUT2D eigenvalue weighted by Crippen LogP contribution is -2.11. The van der Waals surface area contributed by atoms with Crippen LogP contribution in [0, 0.1) is 11.3 Å². The van der Waals surface area contributed by atoms with Crippen LogP contribution < -0.4 is 5.73 Å². The van der Waals surface area contributed by atoms with Crippen molar-refractivity contribution in [2.75, 3.05) is 12.8 Å². The number of methoxy groups -OCH3 is 1. The molecule has 3 aromatic rings. The molecular weight excluding hydrogens is 284 g/mol. The zero-order valence-corrected chi connectivity index (χ0v) is 11.9. The first-order chi connectivity index (χ1) is 10.6. The maximum absolute atomic E-state index is 12.0. The minimum atomic E-state index is -0.625. The molecule has 0 fully saturated rings. The van der Waals surface area contributed by atoms with Crippen molar-refractivity contribution in [2.45, 2.75) is 0 Å². The summed E-state index contributed by atoms with van der Waals surface area (Å²) in [6.45, 7) is 0. The Kier molecular flexibility index (Phi) is 3.03. The van der Waals surface area contributed by atoms with E-state index in [0.29, 0.717) is 16.7 Å². The van der Waals surface area contributed by atoms with Gasteiger partial charge in [-0.2, -0.15) is 20.3 Å². The minimum Gasteiger partial charge on any atom is -0.464 e. The molecule has 0 bridgehead atoms. The molecule has 0 aliphatic carbocycles. The van der Waals surface area contributed by atoms with Gasteiger partial charge in [0.2, 0.25) is 0 Å². The Morgan fingerprint density at radius 2 is 2.18 bits per heavy atom. The Morgan fingerprint density at radius 1 is 1.41 bits per heavy atom. The van der Waals surface area contributed by atoms with Gasteiger partial charge < -0.3 is 15.0 Å². The summed E-state index contributed by atoms with van der Waals surface area (Å²) in [7, 11) is 2.96. The topological polar surface area (TPSA) is 112 Å². The number of nitriles is 1. The van der Waals surface area contributed by atoms with Crippen LogP contribution in [0.15, 0.2) is 24.4 Å². The Bertz CT molecular complexity index is 931. The summed E-state index contributed by atoms with van der Waals surface area (Å²) >= 11 is 0. The van der Waals surface area contributed by atoms with Crippen molar-refractivity contribution in [3.63, 3.8) is 0 Å². The highest BCUT2D eigenvalue weighted by Gasteiger charge is 2.23. The molecule has 8 nitrogen and oxygen atoms in total. The number of benzene rings is 1. The van der Waals surface area contributed by atoms with E-state index in [2.05, 4.69) is 10.2 Å². The molecule has 1 aromatic carbocycles. The number of fused-ring (bicyclic) bond motifs is 1. The Morgan fingerprint density at radius 3 is 2.86 bits per heavy atom.